The Hall–Kier alpha value is -2.33. The third-order valence-corrected chi connectivity index (χ3v) is 6.14. The number of aryl methyl sites for hydroxylation is 1. The van der Waals surface area contributed by atoms with E-state index in [0.29, 0.717) is 18.0 Å². The number of hydrogen-bond donors (Lipinski definition) is 0. The van der Waals surface area contributed by atoms with Crippen LogP contribution < -0.4 is 0 Å². The van der Waals surface area contributed by atoms with Crippen LogP contribution in [0.2, 0.25) is 0 Å². The van der Waals surface area contributed by atoms with Gasteiger partial charge in [-0.25, -0.2) is 0 Å². The molecule has 28 heavy (non-hydrogen) atoms. The van der Waals surface area contributed by atoms with Gasteiger partial charge >= 0.3 is 0 Å². The van der Waals surface area contributed by atoms with Crippen molar-refractivity contribution in [3.05, 3.63) is 72.0 Å². The molecule has 0 N–H and O–H groups in total. The second-order valence-corrected chi connectivity index (χ2v) is 8.05. The maximum atomic E-state index is 4.85. The van der Waals surface area contributed by atoms with Gasteiger partial charge in [0, 0.05) is 49.0 Å². The molecule has 1 unspecified atom stereocenters. The summed E-state index contributed by atoms with van der Waals surface area (Å²) in [5, 5.41) is 0. The van der Waals surface area contributed by atoms with E-state index >= 15 is 0 Å². The van der Waals surface area contributed by atoms with Crippen molar-refractivity contribution in [2.24, 2.45) is 10.9 Å². The first-order valence-corrected chi connectivity index (χ1v) is 10.5. The fourth-order valence-electron chi connectivity index (χ4n) is 4.68. The zero-order valence-corrected chi connectivity index (χ0v) is 17.0. The summed E-state index contributed by atoms with van der Waals surface area (Å²) < 4.78 is 0. The maximum absolute atomic E-state index is 4.85. The Morgan fingerprint density at radius 2 is 1.89 bits per heavy atom. The van der Waals surface area contributed by atoms with E-state index in [0.717, 1.165) is 31.5 Å². The molecular formula is C24H30N4. The number of aromatic nitrogens is 2. The summed E-state index contributed by atoms with van der Waals surface area (Å²) in [4.78, 5) is 16.9. The molecule has 3 atom stereocenters. The molecule has 0 aromatic carbocycles. The molecule has 4 rings (SSSR count). The first-order valence-electron chi connectivity index (χ1n) is 10.5. The number of rotatable bonds is 5. The maximum Gasteiger partial charge on any atom is 0.0604 e. The molecule has 0 spiro atoms. The average molecular weight is 375 g/mol. The predicted molar refractivity (Wildman–Crippen MR) is 114 cm³/mol. The normalized spacial score (nSPS) is 25.5. The van der Waals surface area contributed by atoms with Crippen LogP contribution in [0.5, 0.6) is 0 Å². The van der Waals surface area contributed by atoms with Crippen LogP contribution in [0.25, 0.3) is 0 Å². The van der Waals surface area contributed by atoms with Crippen LogP contribution in [-0.2, 0) is 6.42 Å². The summed E-state index contributed by atoms with van der Waals surface area (Å²) in [5.41, 5.74) is 5.02. The van der Waals surface area contributed by atoms with E-state index in [9.17, 15) is 0 Å². The van der Waals surface area contributed by atoms with E-state index in [2.05, 4.69) is 48.0 Å². The van der Waals surface area contributed by atoms with E-state index in [1.807, 2.05) is 30.7 Å². The molecule has 0 bridgehead atoms. The quantitative estimate of drug-likeness (QED) is 0.746. The number of hydrogen-bond acceptors (Lipinski definition) is 4. The third-order valence-electron chi connectivity index (χ3n) is 6.14. The molecule has 2 aromatic heterocycles. The van der Waals surface area contributed by atoms with E-state index in [1.54, 1.807) is 0 Å². The van der Waals surface area contributed by atoms with Crippen molar-refractivity contribution in [2.75, 3.05) is 6.54 Å². The zero-order valence-electron chi connectivity index (χ0n) is 17.0. The lowest BCUT2D eigenvalue weighted by Gasteiger charge is -2.44. The molecule has 0 amide bonds. The molecule has 0 radical (unpaired) electrons. The van der Waals surface area contributed by atoms with Crippen LogP contribution in [0, 0.1) is 12.8 Å². The minimum Gasteiger partial charge on any atom is -0.286 e. The molecular weight excluding hydrogens is 344 g/mol. The fourth-order valence-corrected chi connectivity index (χ4v) is 4.68. The zero-order chi connectivity index (χ0) is 19.3. The van der Waals surface area contributed by atoms with Crippen LogP contribution in [0.3, 0.4) is 0 Å². The second-order valence-electron chi connectivity index (χ2n) is 8.05. The van der Waals surface area contributed by atoms with Crippen LogP contribution >= 0.6 is 0 Å². The number of piperidine rings is 1. The number of likely N-dealkylation sites (tertiary alicyclic amines) is 1. The Balaban J connectivity index is 1.65. The second kappa shape index (κ2) is 8.78. The standard InChI is InChI=1S/C24H30N4/c1-18-8-6-15-26-23(18)21-11-5-12-22(24-19(2)9-7-16-27-24)28(21)17-13-20-10-3-4-14-25-20/h3-4,6-8,10,14-16,19,21-22H,5,9,11-13,17H2,1-2H3/t19?,21-,22+/m0/s1. The largest absolute Gasteiger partial charge is 0.286 e. The molecule has 4 heteroatoms. The third kappa shape index (κ3) is 4.07. The highest BCUT2D eigenvalue weighted by Gasteiger charge is 2.37. The fraction of sp³-hybridized carbons (Fsp3) is 0.458. The summed E-state index contributed by atoms with van der Waals surface area (Å²) in [6.45, 7) is 5.49. The molecule has 0 saturated carbocycles. The smallest absolute Gasteiger partial charge is 0.0604 e. The van der Waals surface area contributed by atoms with Gasteiger partial charge in [-0.15, -0.1) is 0 Å². The molecule has 4 heterocycles. The highest BCUT2D eigenvalue weighted by atomic mass is 15.2. The Labute approximate surface area is 168 Å². The Morgan fingerprint density at radius 1 is 1.04 bits per heavy atom. The Morgan fingerprint density at radius 3 is 2.68 bits per heavy atom. The van der Waals surface area contributed by atoms with E-state index < -0.39 is 0 Å². The van der Waals surface area contributed by atoms with Gasteiger partial charge in [0.1, 0.15) is 0 Å². The molecule has 0 aliphatic carbocycles. The highest BCUT2D eigenvalue weighted by Crippen LogP contribution is 2.37. The van der Waals surface area contributed by atoms with E-state index in [1.165, 1.54) is 29.8 Å². The minimum absolute atomic E-state index is 0.351. The van der Waals surface area contributed by atoms with Gasteiger partial charge in [-0.1, -0.05) is 25.1 Å². The Bertz CT molecular complexity index is 843. The van der Waals surface area contributed by atoms with Crippen LogP contribution in [0.15, 0.2) is 60.0 Å². The first kappa shape index (κ1) is 19.0. The summed E-state index contributed by atoms with van der Waals surface area (Å²) in [7, 11) is 0. The molecule has 2 aliphatic rings. The van der Waals surface area contributed by atoms with Crippen molar-refractivity contribution in [1.29, 1.82) is 0 Å². The van der Waals surface area contributed by atoms with Crippen molar-refractivity contribution in [3.63, 3.8) is 0 Å². The summed E-state index contributed by atoms with van der Waals surface area (Å²) >= 11 is 0. The monoisotopic (exact) mass is 374 g/mol. The molecule has 4 nitrogen and oxygen atoms in total. The lowest BCUT2D eigenvalue weighted by molar-refractivity contribution is 0.113. The van der Waals surface area contributed by atoms with Crippen molar-refractivity contribution < 1.29 is 0 Å². The van der Waals surface area contributed by atoms with Crippen molar-refractivity contribution >= 4 is 5.71 Å². The van der Waals surface area contributed by atoms with E-state index in [-0.39, 0.29) is 0 Å². The number of aliphatic imine (C=N–C) groups is 1. The topological polar surface area (TPSA) is 41.4 Å². The molecule has 1 fully saturated rings. The van der Waals surface area contributed by atoms with Gasteiger partial charge in [0.05, 0.1) is 11.7 Å². The lowest BCUT2D eigenvalue weighted by Crippen LogP contribution is -2.49. The van der Waals surface area contributed by atoms with Crippen molar-refractivity contribution in [1.82, 2.24) is 14.9 Å². The van der Waals surface area contributed by atoms with Gasteiger partial charge in [-0.2, -0.15) is 0 Å². The molecule has 2 aromatic rings. The SMILES string of the molecule is Cc1cccnc1[C@@H]1CCC[C@H](C2=NC=CCC2C)N1CCc1ccccn1. The van der Waals surface area contributed by atoms with Crippen LogP contribution in [0.1, 0.15) is 55.6 Å². The summed E-state index contributed by atoms with van der Waals surface area (Å²) in [6.07, 6.45) is 13.6. The molecule has 2 aliphatic heterocycles. The van der Waals surface area contributed by atoms with Gasteiger partial charge in [-0.3, -0.25) is 19.9 Å². The van der Waals surface area contributed by atoms with E-state index in [4.69, 9.17) is 9.98 Å². The number of allylic oxidation sites excluding steroid dienone is 1. The Kier molecular flexibility index (Phi) is 5.96. The van der Waals surface area contributed by atoms with Crippen LogP contribution in [0.4, 0.5) is 0 Å². The highest BCUT2D eigenvalue weighted by molar-refractivity contribution is 5.92. The van der Waals surface area contributed by atoms with Crippen molar-refractivity contribution in [2.45, 2.75) is 58.0 Å². The van der Waals surface area contributed by atoms with Gasteiger partial charge in [-0.05, 0) is 62.3 Å². The minimum atomic E-state index is 0.351. The number of pyridine rings is 2. The predicted octanol–water partition coefficient (Wildman–Crippen LogP) is 4.92. The number of nitrogens with zero attached hydrogens (tertiary/aromatic N) is 4. The van der Waals surface area contributed by atoms with Gasteiger partial charge in [0.2, 0.25) is 0 Å². The molecule has 1 saturated heterocycles. The summed E-state index contributed by atoms with van der Waals surface area (Å²) in [5.74, 6) is 0.510. The van der Waals surface area contributed by atoms with Gasteiger partial charge in [0.25, 0.3) is 0 Å². The average Bonchev–Trinajstić information content (AvgIpc) is 2.74. The van der Waals surface area contributed by atoms with Gasteiger partial charge < -0.3 is 0 Å². The van der Waals surface area contributed by atoms with Gasteiger partial charge in [0.15, 0.2) is 0 Å². The van der Waals surface area contributed by atoms with Crippen LogP contribution in [-0.4, -0.2) is 33.2 Å². The first-order chi connectivity index (χ1) is 13.7. The lowest BCUT2D eigenvalue weighted by atomic mass is 9.84. The van der Waals surface area contributed by atoms with Crippen molar-refractivity contribution in [3.8, 4) is 0 Å². The molecule has 146 valence electrons. The summed E-state index contributed by atoms with van der Waals surface area (Å²) in [6, 6.07) is 11.2.